The molecule has 0 aliphatic carbocycles. The molecule has 0 N–H and O–H groups in total. The van der Waals surface area contributed by atoms with Crippen molar-refractivity contribution < 1.29 is 9.72 Å². The van der Waals surface area contributed by atoms with Crippen LogP contribution in [0.2, 0.25) is 10.0 Å². The second-order valence-electron chi connectivity index (χ2n) is 4.54. The summed E-state index contributed by atoms with van der Waals surface area (Å²) < 4.78 is 0. The van der Waals surface area contributed by atoms with E-state index in [-0.39, 0.29) is 33.2 Å². The number of carbonyl (C=O) groups excluding carboxylic acids is 1. The third-order valence-electron chi connectivity index (χ3n) is 3.27. The van der Waals surface area contributed by atoms with E-state index in [1.54, 1.807) is 4.90 Å². The molecule has 1 aromatic rings. The van der Waals surface area contributed by atoms with Crippen molar-refractivity contribution >= 4 is 34.8 Å². The maximum atomic E-state index is 12.4. The second kappa shape index (κ2) is 5.35. The maximum Gasteiger partial charge on any atom is 0.271 e. The van der Waals surface area contributed by atoms with Gasteiger partial charge in [0.25, 0.3) is 11.6 Å². The molecule has 1 amide bonds. The van der Waals surface area contributed by atoms with E-state index in [4.69, 9.17) is 23.2 Å². The SMILES string of the molecule is CC1CCCN1C(=O)c1cc([N+](=O)[O-])cc(Cl)c1Cl. The minimum Gasteiger partial charge on any atom is -0.336 e. The first-order valence-electron chi connectivity index (χ1n) is 5.86. The van der Waals surface area contributed by atoms with Crippen molar-refractivity contribution in [3.05, 3.63) is 37.9 Å². The monoisotopic (exact) mass is 302 g/mol. The third kappa shape index (κ3) is 2.67. The Bertz CT molecular complexity index is 548. The molecule has 1 aliphatic rings. The average Bonchev–Trinajstić information content (AvgIpc) is 2.77. The Labute approximate surface area is 120 Å². The number of nitrogens with zero attached hydrogens (tertiary/aromatic N) is 2. The summed E-state index contributed by atoms with van der Waals surface area (Å²) in [4.78, 5) is 24.2. The molecule has 2 rings (SSSR count). The van der Waals surface area contributed by atoms with Gasteiger partial charge >= 0.3 is 0 Å². The van der Waals surface area contributed by atoms with Crippen molar-refractivity contribution in [3.8, 4) is 0 Å². The summed E-state index contributed by atoms with van der Waals surface area (Å²) >= 11 is 11.8. The van der Waals surface area contributed by atoms with Crippen LogP contribution in [0.5, 0.6) is 0 Å². The zero-order valence-corrected chi connectivity index (χ0v) is 11.7. The summed E-state index contributed by atoms with van der Waals surface area (Å²) in [7, 11) is 0. The summed E-state index contributed by atoms with van der Waals surface area (Å²) in [6.07, 6.45) is 1.85. The van der Waals surface area contributed by atoms with E-state index in [9.17, 15) is 14.9 Å². The predicted octanol–water partition coefficient (Wildman–Crippen LogP) is 3.53. The standard InChI is InChI=1S/C12H12Cl2N2O3/c1-7-3-2-4-15(7)12(17)9-5-8(16(18)19)6-10(13)11(9)14/h5-7H,2-4H2,1H3. The molecule has 1 atom stereocenters. The highest BCUT2D eigenvalue weighted by molar-refractivity contribution is 6.44. The molecule has 0 aromatic heterocycles. The minimum atomic E-state index is -0.591. The van der Waals surface area contributed by atoms with Gasteiger partial charge < -0.3 is 4.90 Å². The van der Waals surface area contributed by atoms with E-state index in [1.165, 1.54) is 6.07 Å². The molecule has 5 nitrogen and oxygen atoms in total. The van der Waals surface area contributed by atoms with Gasteiger partial charge in [-0.2, -0.15) is 0 Å². The highest BCUT2D eigenvalue weighted by Gasteiger charge is 2.29. The number of amides is 1. The molecule has 1 fully saturated rings. The Morgan fingerprint density at radius 2 is 2.16 bits per heavy atom. The first-order chi connectivity index (χ1) is 8.91. The normalized spacial score (nSPS) is 18.7. The molecule has 1 unspecified atom stereocenters. The van der Waals surface area contributed by atoms with Gasteiger partial charge in [-0.25, -0.2) is 0 Å². The number of rotatable bonds is 2. The number of likely N-dealkylation sites (tertiary alicyclic amines) is 1. The Kier molecular flexibility index (Phi) is 3.96. The van der Waals surface area contributed by atoms with Crippen LogP contribution >= 0.6 is 23.2 Å². The summed E-state index contributed by atoms with van der Waals surface area (Å²) in [6.45, 7) is 2.58. The molecule has 0 saturated carbocycles. The Morgan fingerprint density at radius 3 is 2.68 bits per heavy atom. The fourth-order valence-corrected chi connectivity index (χ4v) is 2.63. The van der Waals surface area contributed by atoms with E-state index in [2.05, 4.69) is 0 Å². The molecule has 19 heavy (non-hydrogen) atoms. The summed E-state index contributed by atoms with van der Waals surface area (Å²) in [5, 5.41) is 10.9. The summed E-state index contributed by atoms with van der Waals surface area (Å²) in [6, 6.07) is 2.44. The van der Waals surface area contributed by atoms with Gasteiger partial charge in [0.15, 0.2) is 0 Å². The first-order valence-corrected chi connectivity index (χ1v) is 6.62. The maximum absolute atomic E-state index is 12.4. The fraction of sp³-hybridized carbons (Fsp3) is 0.417. The second-order valence-corrected chi connectivity index (χ2v) is 5.32. The molecule has 0 bridgehead atoms. The van der Waals surface area contributed by atoms with Gasteiger partial charge in [-0.05, 0) is 19.8 Å². The number of halogens is 2. The van der Waals surface area contributed by atoms with Crippen LogP contribution in [0.3, 0.4) is 0 Å². The largest absolute Gasteiger partial charge is 0.336 e. The summed E-state index contributed by atoms with van der Waals surface area (Å²) in [5.74, 6) is -0.305. The van der Waals surface area contributed by atoms with Gasteiger partial charge in [-0.1, -0.05) is 23.2 Å². The Balaban J connectivity index is 2.43. The predicted molar refractivity (Wildman–Crippen MR) is 72.8 cm³/mol. The van der Waals surface area contributed by atoms with Crippen LogP contribution < -0.4 is 0 Å². The van der Waals surface area contributed by atoms with Gasteiger partial charge in [0.05, 0.1) is 20.5 Å². The summed E-state index contributed by atoms with van der Waals surface area (Å²) in [5.41, 5.74) is -0.140. The number of nitro benzene ring substituents is 1. The molecule has 0 spiro atoms. The highest BCUT2D eigenvalue weighted by Crippen LogP contribution is 2.32. The lowest BCUT2D eigenvalue weighted by atomic mass is 10.1. The van der Waals surface area contributed by atoms with Gasteiger partial charge in [0, 0.05) is 24.7 Å². The first kappa shape index (κ1) is 14.1. The lowest BCUT2D eigenvalue weighted by Gasteiger charge is -2.22. The lowest BCUT2D eigenvalue weighted by molar-refractivity contribution is -0.384. The number of benzene rings is 1. The van der Waals surface area contributed by atoms with E-state index in [0.717, 1.165) is 18.9 Å². The lowest BCUT2D eigenvalue weighted by Crippen LogP contribution is -2.33. The number of hydrogen-bond donors (Lipinski definition) is 0. The Morgan fingerprint density at radius 1 is 1.47 bits per heavy atom. The smallest absolute Gasteiger partial charge is 0.271 e. The van der Waals surface area contributed by atoms with Crippen molar-refractivity contribution in [1.29, 1.82) is 0 Å². The van der Waals surface area contributed by atoms with Crippen LogP contribution in [0, 0.1) is 10.1 Å². The quantitative estimate of drug-likeness (QED) is 0.620. The van der Waals surface area contributed by atoms with E-state index >= 15 is 0 Å². The van der Waals surface area contributed by atoms with Gasteiger partial charge in [-0.3, -0.25) is 14.9 Å². The number of hydrogen-bond acceptors (Lipinski definition) is 3. The molecule has 1 aromatic carbocycles. The van der Waals surface area contributed by atoms with Crippen molar-refractivity contribution in [2.45, 2.75) is 25.8 Å². The number of carbonyl (C=O) groups is 1. The van der Waals surface area contributed by atoms with Gasteiger partial charge in [0.1, 0.15) is 0 Å². The molecule has 0 radical (unpaired) electrons. The van der Waals surface area contributed by atoms with Crippen LogP contribution in [0.25, 0.3) is 0 Å². The zero-order valence-electron chi connectivity index (χ0n) is 10.2. The molecule has 1 saturated heterocycles. The van der Waals surface area contributed by atoms with Crippen LogP contribution in [-0.2, 0) is 0 Å². The van der Waals surface area contributed by atoms with E-state index < -0.39 is 4.92 Å². The topological polar surface area (TPSA) is 63.5 Å². The van der Waals surface area contributed by atoms with Crippen molar-refractivity contribution in [2.75, 3.05) is 6.54 Å². The van der Waals surface area contributed by atoms with E-state index in [1.807, 2.05) is 6.92 Å². The zero-order chi connectivity index (χ0) is 14.2. The van der Waals surface area contributed by atoms with E-state index in [0.29, 0.717) is 6.54 Å². The van der Waals surface area contributed by atoms with Crippen LogP contribution in [-0.4, -0.2) is 28.3 Å². The molecular weight excluding hydrogens is 291 g/mol. The Hall–Kier alpha value is -1.33. The highest BCUT2D eigenvalue weighted by atomic mass is 35.5. The molecule has 7 heteroatoms. The van der Waals surface area contributed by atoms with Crippen LogP contribution in [0.15, 0.2) is 12.1 Å². The van der Waals surface area contributed by atoms with Crippen molar-refractivity contribution in [3.63, 3.8) is 0 Å². The van der Waals surface area contributed by atoms with Crippen LogP contribution in [0.1, 0.15) is 30.1 Å². The molecule has 1 aliphatic heterocycles. The number of nitro groups is 1. The van der Waals surface area contributed by atoms with Crippen molar-refractivity contribution in [1.82, 2.24) is 4.90 Å². The molecular formula is C12H12Cl2N2O3. The van der Waals surface area contributed by atoms with Gasteiger partial charge in [0.2, 0.25) is 0 Å². The third-order valence-corrected chi connectivity index (χ3v) is 4.07. The van der Waals surface area contributed by atoms with Crippen molar-refractivity contribution in [2.24, 2.45) is 0 Å². The average molecular weight is 303 g/mol. The van der Waals surface area contributed by atoms with Gasteiger partial charge in [-0.15, -0.1) is 0 Å². The molecule has 102 valence electrons. The number of non-ortho nitro benzene ring substituents is 1. The molecule has 1 heterocycles. The van der Waals surface area contributed by atoms with Crippen LogP contribution in [0.4, 0.5) is 5.69 Å². The fourth-order valence-electron chi connectivity index (χ4n) is 2.23. The minimum absolute atomic E-state index is 0.0195.